The third-order valence-corrected chi connectivity index (χ3v) is 2.50. The van der Waals surface area contributed by atoms with E-state index >= 15 is 0 Å². The van der Waals surface area contributed by atoms with Gasteiger partial charge in [-0.3, -0.25) is 0 Å². The van der Waals surface area contributed by atoms with Gasteiger partial charge in [0.2, 0.25) is 9.04 Å². The first-order valence-electron chi connectivity index (χ1n) is 5.13. The summed E-state index contributed by atoms with van der Waals surface area (Å²) < 4.78 is 10.7. The SMILES string of the molecule is C=C(C)C(=O)Oc1ccc(O[SiH](C)C)cc1. The summed E-state index contributed by atoms with van der Waals surface area (Å²) in [6, 6.07) is 7.03. The van der Waals surface area contributed by atoms with Crippen LogP contribution in [0.3, 0.4) is 0 Å². The fourth-order valence-electron chi connectivity index (χ4n) is 1.05. The monoisotopic (exact) mass is 236 g/mol. The van der Waals surface area contributed by atoms with E-state index in [9.17, 15) is 4.79 Å². The average Bonchev–Trinajstić information content (AvgIpc) is 2.20. The molecular formula is C12H16O3Si. The van der Waals surface area contributed by atoms with Crippen molar-refractivity contribution in [2.24, 2.45) is 0 Å². The number of rotatable bonds is 4. The van der Waals surface area contributed by atoms with Crippen molar-refractivity contribution in [1.29, 1.82) is 0 Å². The summed E-state index contributed by atoms with van der Waals surface area (Å²) in [4.78, 5) is 11.2. The van der Waals surface area contributed by atoms with Gasteiger partial charge in [-0.2, -0.15) is 0 Å². The van der Waals surface area contributed by atoms with E-state index in [0.717, 1.165) is 5.75 Å². The lowest BCUT2D eigenvalue weighted by Gasteiger charge is -2.09. The van der Waals surface area contributed by atoms with Crippen LogP contribution in [0, 0.1) is 0 Å². The molecule has 0 bridgehead atoms. The van der Waals surface area contributed by atoms with Crippen LogP contribution in [0.15, 0.2) is 36.4 Å². The molecule has 4 heteroatoms. The quantitative estimate of drug-likeness (QED) is 0.349. The lowest BCUT2D eigenvalue weighted by molar-refractivity contribution is -0.130. The minimum Gasteiger partial charge on any atom is -0.547 e. The van der Waals surface area contributed by atoms with Crippen LogP contribution in [0.2, 0.25) is 13.1 Å². The van der Waals surface area contributed by atoms with Gasteiger partial charge in [-0.15, -0.1) is 0 Å². The topological polar surface area (TPSA) is 35.5 Å². The summed E-state index contributed by atoms with van der Waals surface area (Å²) in [6.45, 7) is 9.31. The molecule has 0 unspecified atom stereocenters. The zero-order chi connectivity index (χ0) is 12.1. The van der Waals surface area contributed by atoms with Gasteiger partial charge in [0, 0.05) is 5.57 Å². The highest BCUT2D eigenvalue weighted by Crippen LogP contribution is 2.18. The molecule has 0 aliphatic rings. The standard InChI is InChI=1S/C12H16O3Si/c1-9(2)12(13)14-10-5-7-11(8-6-10)15-16(3)4/h5-8,16H,1H2,2-4H3. The van der Waals surface area contributed by atoms with Gasteiger partial charge in [-0.05, 0) is 44.3 Å². The molecule has 0 aromatic heterocycles. The Morgan fingerprint density at radius 1 is 1.19 bits per heavy atom. The van der Waals surface area contributed by atoms with E-state index in [1.165, 1.54) is 0 Å². The molecular weight excluding hydrogens is 220 g/mol. The summed E-state index contributed by atoms with van der Waals surface area (Å²) in [5.41, 5.74) is 0.384. The van der Waals surface area contributed by atoms with Crippen molar-refractivity contribution < 1.29 is 14.0 Å². The molecule has 0 fully saturated rings. The number of benzene rings is 1. The Morgan fingerprint density at radius 3 is 2.12 bits per heavy atom. The first kappa shape index (κ1) is 12.5. The van der Waals surface area contributed by atoms with E-state index in [2.05, 4.69) is 19.7 Å². The summed E-state index contributed by atoms with van der Waals surface area (Å²) in [6.07, 6.45) is 0. The molecule has 0 saturated heterocycles. The molecule has 3 nitrogen and oxygen atoms in total. The van der Waals surface area contributed by atoms with E-state index in [4.69, 9.17) is 9.16 Å². The maximum Gasteiger partial charge on any atom is 0.338 e. The van der Waals surface area contributed by atoms with Gasteiger partial charge in [0.25, 0.3) is 0 Å². The Labute approximate surface area is 97.4 Å². The van der Waals surface area contributed by atoms with Gasteiger partial charge >= 0.3 is 5.97 Å². The van der Waals surface area contributed by atoms with Crippen molar-refractivity contribution in [2.45, 2.75) is 20.0 Å². The second kappa shape index (κ2) is 5.51. The lowest BCUT2D eigenvalue weighted by Crippen LogP contribution is -2.11. The van der Waals surface area contributed by atoms with Crippen LogP contribution in [0.1, 0.15) is 6.92 Å². The van der Waals surface area contributed by atoms with E-state index in [0.29, 0.717) is 11.3 Å². The first-order chi connectivity index (χ1) is 7.49. The molecule has 1 aromatic rings. The van der Waals surface area contributed by atoms with Crippen molar-refractivity contribution in [3.05, 3.63) is 36.4 Å². The highest BCUT2D eigenvalue weighted by Gasteiger charge is 2.05. The smallest absolute Gasteiger partial charge is 0.338 e. The van der Waals surface area contributed by atoms with Crippen LogP contribution in [-0.4, -0.2) is 15.0 Å². The molecule has 1 rings (SSSR count). The Hall–Kier alpha value is -1.55. The minimum atomic E-state index is -1.08. The van der Waals surface area contributed by atoms with Crippen molar-refractivity contribution in [3.8, 4) is 11.5 Å². The van der Waals surface area contributed by atoms with Crippen molar-refractivity contribution >= 4 is 15.0 Å². The zero-order valence-corrected chi connectivity index (χ0v) is 11.0. The molecule has 0 heterocycles. The predicted octanol–water partition coefficient (Wildman–Crippen LogP) is 2.53. The number of hydrogen-bond donors (Lipinski definition) is 0. The lowest BCUT2D eigenvalue weighted by atomic mass is 10.3. The number of ether oxygens (including phenoxy) is 1. The largest absolute Gasteiger partial charge is 0.547 e. The van der Waals surface area contributed by atoms with E-state index in [1.807, 2.05) is 0 Å². The zero-order valence-electron chi connectivity index (χ0n) is 9.82. The van der Waals surface area contributed by atoms with Crippen LogP contribution in [0.4, 0.5) is 0 Å². The molecule has 0 aliphatic heterocycles. The molecule has 0 amide bonds. The van der Waals surface area contributed by atoms with Gasteiger partial charge in [0.15, 0.2) is 0 Å². The Balaban J connectivity index is 2.64. The fraction of sp³-hybridized carbons (Fsp3) is 0.250. The first-order valence-corrected chi connectivity index (χ1v) is 7.91. The van der Waals surface area contributed by atoms with Crippen LogP contribution < -0.4 is 9.16 Å². The van der Waals surface area contributed by atoms with Crippen LogP contribution >= 0.6 is 0 Å². The van der Waals surface area contributed by atoms with Crippen molar-refractivity contribution in [1.82, 2.24) is 0 Å². The molecule has 0 aliphatic carbocycles. The third-order valence-electron chi connectivity index (χ3n) is 1.75. The van der Waals surface area contributed by atoms with Crippen molar-refractivity contribution in [2.75, 3.05) is 0 Å². The second-order valence-electron chi connectivity index (χ2n) is 3.81. The van der Waals surface area contributed by atoms with Gasteiger partial charge in [-0.25, -0.2) is 4.79 Å². The second-order valence-corrected chi connectivity index (χ2v) is 6.14. The summed E-state index contributed by atoms with van der Waals surface area (Å²) in [5, 5.41) is 0. The van der Waals surface area contributed by atoms with E-state index < -0.39 is 15.0 Å². The molecule has 0 saturated carbocycles. The minimum absolute atomic E-state index is 0.384. The Morgan fingerprint density at radius 2 is 1.69 bits per heavy atom. The van der Waals surface area contributed by atoms with Crippen LogP contribution in [-0.2, 0) is 4.79 Å². The van der Waals surface area contributed by atoms with Gasteiger partial charge in [0.05, 0.1) is 0 Å². The predicted molar refractivity (Wildman–Crippen MR) is 66.4 cm³/mol. The summed E-state index contributed by atoms with van der Waals surface area (Å²) >= 11 is 0. The highest BCUT2D eigenvalue weighted by molar-refractivity contribution is 6.49. The van der Waals surface area contributed by atoms with Gasteiger partial charge in [0.1, 0.15) is 11.5 Å². The highest BCUT2D eigenvalue weighted by atomic mass is 28.3. The molecule has 0 N–H and O–H groups in total. The normalized spacial score (nSPS) is 10.0. The van der Waals surface area contributed by atoms with Crippen LogP contribution in [0.5, 0.6) is 11.5 Å². The molecule has 1 aromatic carbocycles. The van der Waals surface area contributed by atoms with Crippen LogP contribution in [0.25, 0.3) is 0 Å². The molecule has 86 valence electrons. The van der Waals surface area contributed by atoms with E-state index in [-0.39, 0.29) is 0 Å². The maximum atomic E-state index is 11.2. The number of hydrogen-bond acceptors (Lipinski definition) is 3. The van der Waals surface area contributed by atoms with Gasteiger partial charge < -0.3 is 9.16 Å². The fourth-order valence-corrected chi connectivity index (χ4v) is 1.75. The maximum absolute atomic E-state index is 11.2. The Bertz CT molecular complexity index is 382. The van der Waals surface area contributed by atoms with Crippen molar-refractivity contribution in [3.63, 3.8) is 0 Å². The van der Waals surface area contributed by atoms with E-state index in [1.54, 1.807) is 31.2 Å². The molecule has 0 atom stereocenters. The van der Waals surface area contributed by atoms with Gasteiger partial charge in [-0.1, -0.05) is 6.58 Å². The molecule has 0 radical (unpaired) electrons. The number of carbonyl (C=O) groups is 1. The number of esters is 1. The molecule has 16 heavy (non-hydrogen) atoms. The molecule has 0 spiro atoms. The average molecular weight is 236 g/mol. The number of carbonyl (C=O) groups excluding carboxylic acids is 1. The Kier molecular flexibility index (Phi) is 4.31. The third kappa shape index (κ3) is 3.90. The summed E-state index contributed by atoms with van der Waals surface area (Å²) in [7, 11) is -1.08. The summed E-state index contributed by atoms with van der Waals surface area (Å²) in [5.74, 6) is 0.912.